The van der Waals surface area contributed by atoms with Crippen molar-refractivity contribution in [1.29, 1.82) is 5.26 Å². The highest BCUT2D eigenvalue weighted by Gasteiger charge is 2.18. The topological polar surface area (TPSA) is 48.3 Å². The van der Waals surface area contributed by atoms with Crippen LogP contribution in [0.2, 0.25) is 0 Å². The molecule has 0 amide bonds. The monoisotopic (exact) mass is 259 g/mol. The first kappa shape index (κ1) is 13.7. The van der Waals surface area contributed by atoms with Gasteiger partial charge in [-0.15, -0.1) is 0 Å². The molecule has 1 aliphatic rings. The molecule has 1 saturated heterocycles. The number of nitrogens with zero attached hydrogens (tertiary/aromatic N) is 2. The molecule has 1 N–H and O–H groups in total. The molecule has 4 nitrogen and oxygen atoms in total. The molecule has 0 spiro atoms. The van der Waals surface area contributed by atoms with Gasteiger partial charge in [-0.2, -0.15) is 5.26 Å². The molecule has 0 aliphatic carbocycles. The molecule has 1 heterocycles. The Labute approximate surface area is 115 Å². The van der Waals surface area contributed by atoms with Crippen LogP contribution in [0.15, 0.2) is 18.2 Å². The van der Waals surface area contributed by atoms with Crippen molar-refractivity contribution in [3.8, 4) is 11.8 Å². The molecule has 0 saturated carbocycles. The van der Waals surface area contributed by atoms with Crippen LogP contribution in [-0.2, 0) is 0 Å². The lowest BCUT2D eigenvalue weighted by Crippen LogP contribution is -2.40. The van der Waals surface area contributed by atoms with Crippen LogP contribution in [0.25, 0.3) is 0 Å². The fourth-order valence-electron chi connectivity index (χ4n) is 2.52. The maximum Gasteiger partial charge on any atom is 0.121 e. The van der Waals surface area contributed by atoms with E-state index < -0.39 is 0 Å². The number of anilines is 1. The average Bonchev–Trinajstić information content (AvgIpc) is 2.46. The highest BCUT2D eigenvalue weighted by molar-refractivity contribution is 5.60. The third-order valence-corrected chi connectivity index (χ3v) is 3.80. The Morgan fingerprint density at radius 2 is 2.32 bits per heavy atom. The SMILES string of the molecule is COc1ccc(C#N)c(NCC2CCCCN2C)c1. The summed E-state index contributed by atoms with van der Waals surface area (Å²) < 4.78 is 5.21. The van der Waals surface area contributed by atoms with Gasteiger partial charge in [0.05, 0.1) is 18.4 Å². The Morgan fingerprint density at radius 1 is 1.47 bits per heavy atom. The van der Waals surface area contributed by atoms with Gasteiger partial charge >= 0.3 is 0 Å². The Hall–Kier alpha value is -1.73. The van der Waals surface area contributed by atoms with E-state index in [9.17, 15) is 0 Å². The van der Waals surface area contributed by atoms with Gasteiger partial charge in [-0.1, -0.05) is 6.42 Å². The molecule has 1 aliphatic heterocycles. The van der Waals surface area contributed by atoms with Crippen molar-refractivity contribution in [3.63, 3.8) is 0 Å². The maximum atomic E-state index is 9.13. The second kappa shape index (κ2) is 6.44. The average molecular weight is 259 g/mol. The number of piperidine rings is 1. The Morgan fingerprint density at radius 3 is 3.00 bits per heavy atom. The lowest BCUT2D eigenvalue weighted by molar-refractivity contribution is 0.194. The molecule has 1 atom stereocenters. The highest BCUT2D eigenvalue weighted by Crippen LogP contribution is 2.23. The van der Waals surface area contributed by atoms with Crippen molar-refractivity contribution in [3.05, 3.63) is 23.8 Å². The minimum Gasteiger partial charge on any atom is -0.497 e. The van der Waals surface area contributed by atoms with Gasteiger partial charge in [-0.25, -0.2) is 0 Å². The van der Waals surface area contributed by atoms with Gasteiger partial charge in [0.25, 0.3) is 0 Å². The van der Waals surface area contributed by atoms with E-state index in [1.165, 1.54) is 19.3 Å². The lowest BCUT2D eigenvalue weighted by atomic mass is 10.0. The van der Waals surface area contributed by atoms with E-state index in [-0.39, 0.29) is 0 Å². The lowest BCUT2D eigenvalue weighted by Gasteiger charge is -2.32. The molecule has 0 bridgehead atoms. The van der Waals surface area contributed by atoms with E-state index in [4.69, 9.17) is 10.00 Å². The number of hydrogen-bond acceptors (Lipinski definition) is 4. The number of likely N-dealkylation sites (N-methyl/N-ethyl adjacent to an activating group) is 1. The van der Waals surface area contributed by atoms with Crippen LogP contribution in [0.4, 0.5) is 5.69 Å². The predicted octanol–water partition coefficient (Wildman–Crippen LogP) is 2.46. The number of ether oxygens (including phenoxy) is 1. The van der Waals surface area contributed by atoms with E-state index in [1.54, 1.807) is 13.2 Å². The molecule has 2 rings (SSSR count). The molecular weight excluding hydrogens is 238 g/mol. The van der Waals surface area contributed by atoms with Gasteiger partial charge in [0.15, 0.2) is 0 Å². The fourth-order valence-corrected chi connectivity index (χ4v) is 2.52. The standard InChI is InChI=1S/C15H21N3O/c1-18-8-4-3-5-13(18)11-17-15-9-14(19-2)7-6-12(15)10-16/h6-7,9,13,17H,3-5,8,11H2,1-2H3. The first-order valence-electron chi connectivity index (χ1n) is 6.77. The van der Waals surface area contributed by atoms with Crippen LogP contribution in [0.1, 0.15) is 24.8 Å². The zero-order chi connectivity index (χ0) is 13.7. The van der Waals surface area contributed by atoms with Crippen molar-refractivity contribution in [2.24, 2.45) is 0 Å². The zero-order valence-electron chi connectivity index (χ0n) is 11.6. The van der Waals surface area contributed by atoms with Crippen LogP contribution in [0.3, 0.4) is 0 Å². The first-order valence-corrected chi connectivity index (χ1v) is 6.77. The number of nitriles is 1. The summed E-state index contributed by atoms with van der Waals surface area (Å²) in [4.78, 5) is 2.39. The van der Waals surface area contributed by atoms with Gasteiger partial charge in [-0.3, -0.25) is 0 Å². The number of nitrogens with one attached hydrogen (secondary N) is 1. The van der Waals surface area contributed by atoms with E-state index >= 15 is 0 Å². The molecule has 1 aromatic rings. The number of rotatable bonds is 4. The van der Waals surface area contributed by atoms with Crippen molar-refractivity contribution in [2.45, 2.75) is 25.3 Å². The largest absolute Gasteiger partial charge is 0.497 e. The van der Waals surface area contributed by atoms with Crippen LogP contribution < -0.4 is 10.1 Å². The third kappa shape index (κ3) is 3.39. The van der Waals surface area contributed by atoms with Crippen LogP contribution in [-0.4, -0.2) is 38.2 Å². The summed E-state index contributed by atoms with van der Waals surface area (Å²) >= 11 is 0. The van der Waals surface area contributed by atoms with Gasteiger partial charge in [0.2, 0.25) is 0 Å². The molecular formula is C15H21N3O. The van der Waals surface area contributed by atoms with E-state index in [2.05, 4.69) is 23.3 Å². The van der Waals surface area contributed by atoms with Gasteiger partial charge in [0, 0.05) is 18.7 Å². The molecule has 1 unspecified atom stereocenters. The first-order chi connectivity index (χ1) is 9.24. The second-order valence-electron chi connectivity index (χ2n) is 5.03. The number of methoxy groups -OCH3 is 1. The molecule has 19 heavy (non-hydrogen) atoms. The minimum absolute atomic E-state index is 0.548. The van der Waals surface area contributed by atoms with Crippen LogP contribution in [0.5, 0.6) is 5.75 Å². The maximum absolute atomic E-state index is 9.13. The van der Waals surface area contributed by atoms with E-state index in [0.717, 1.165) is 24.5 Å². The zero-order valence-corrected chi connectivity index (χ0v) is 11.6. The fraction of sp³-hybridized carbons (Fsp3) is 0.533. The molecule has 102 valence electrons. The Kier molecular flexibility index (Phi) is 4.64. The van der Waals surface area contributed by atoms with Gasteiger partial charge < -0.3 is 15.0 Å². The Bertz CT molecular complexity index is 467. The van der Waals surface area contributed by atoms with Crippen molar-refractivity contribution in [1.82, 2.24) is 4.90 Å². The second-order valence-corrected chi connectivity index (χ2v) is 5.03. The van der Waals surface area contributed by atoms with Crippen molar-refractivity contribution >= 4 is 5.69 Å². The van der Waals surface area contributed by atoms with Crippen LogP contribution >= 0.6 is 0 Å². The normalized spacial score (nSPS) is 19.7. The summed E-state index contributed by atoms with van der Waals surface area (Å²) in [6.45, 7) is 2.04. The summed E-state index contributed by atoms with van der Waals surface area (Å²) in [6.07, 6.45) is 3.80. The van der Waals surface area contributed by atoms with Gasteiger partial charge in [0.1, 0.15) is 11.8 Å². The van der Waals surface area contributed by atoms with E-state index in [0.29, 0.717) is 11.6 Å². The highest BCUT2D eigenvalue weighted by atomic mass is 16.5. The minimum atomic E-state index is 0.548. The van der Waals surface area contributed by atoms with Crippen molar-refractivity contribution < 1.29 is 4.74 Å². The summed E-state index contributed by atoms with van der Waals surface area (Å²) in [5.74, 6) is 0.776. The quantitative estimate of drug-likeness (QED) is 0.902. The summed E-state index contributed by atoms with van der Waals surface area (Å²) in [5.41, 5.74) is 1.53. The van der Waals surface area contributed by atoms with Crippen molar-refractivity contribution in [2.75, 3.05) is 32.6 Å². The number of hydrogen-bond donors (Lipinski definition) is 1. The summed E-state index contributed by atoms with van der Waals surface area (Å²) in [7, 11) is 3.81. The molecule has 1 aromatic carbocycles. The molecule has 0 radical (unpaired) electrons. The summed E-state index contributed by atoms with van der Waals surface area (Å²) in [6, 6.07) is 8.27. The van der Waals surface area contributed by atoms with E-state index in [1.807, 2.05) is 12.1 Å². The molecule has 0 aromatic heterocycles. The van der Waals surface area contributed by atoms with Crippen LogP contribution in [0, 0.1) is 11.3 Å². The number of likely N-dealkylation sites (tertiary alicyclic amines) is 1. The van der Waals surface area contributed by atoms with Gasteiger partial charge in [-0.05, 0) is 38.6 Å². The molecule has 1 fully saturated rings. The summed E-state index contributed by atoms with van der Waals surface area (Å²) in [5, 5.41) is 12.5. The Balaban J connectivity index is 2.03. The predicted molar refractivity (Wildman–Crippen MR) is 76.5 cm³/mol. The molecule has 4 heteroatoms. The third-order valence-electron chi connectivity index (χ3n) is 3.80. The number of benzene rings is 1. The smallest absolute Gasteiger partial charge is 0.121 e.